The van der Waals surface area contributed by atoms with Crippen LogP contribution in [0.2, 0.25) is 0 Å². The Bertz CT molecular complexity index is 860. The number of nitrogens with two attached hydrogens (primary N) is 1. The van der Waals surface area contributed by atoms with E-state index in [1.165, 1.54) is 16.7 Å². The Morgan fingerprint density at radius 2 is 2.00 bits per heavy atom. The van der Waals surface area contributed by atoms with Crippen LogP contribution in [0, 0.1) is 0 Å². The summed E-state index contributed by atoms with van der Waals surface area (Å²) in [6, 6.07) is 7.15. The number of carbonyl (C=O) groups is 3. The van der Waals surface area contributed by atoms with Crippen LogP contribution < -0.4 is 11.1 Å². The van der Waals surface area contributed by atoms with Gasteiger partial charge in [0.05, 0.1) is 0 Å². The molecular formula is C18H18Cl3N3O4S. The summed E-state index contributed by atoms with van der Waals surface area (Å²) >= 11 is 18.3. The molecule has 7 nitrogen and oxygen atoms in total. The van der Waals surface area contributed by atoms with E-state index in [0.29, 0.717) is 16.9 Å². The first-order valence-electron chi connectivity index (χ1n) is 8.59. The van der Waals surface area contributed by atoms with Crippen LogP contribution in [-0.4, -0.2) is 50.3 Å². The van der Waals surface area contributed by atoms with Gasteiger partial charge in [0.1, 0.15) is 29.8 Å². The molecule has 0 aromatic heterocycles. The number of fused-ring (bicyclic) bond motifs is 1. The van der Waals surface area contributed by atoms with Crippen molar-refractivity contribution in [1.29, 1.82) is 0 Å². The molecule has 2 aliphatic heterocycles. The highest BCUT2D eigenvalue weighted by Gasteiger charge is 2.54. The van der Waals surface area contributed by atoms with Crippen molar-refractivity contribution in [1.82, 2.24) is 10.2 Å². The fraction of sp³-hybridized carbons (Fsp3) is 0.389. The number of benzene rings is 1. The van der Waals surface area contributed by atoms with E-state index in [1.807, 2.05) is 6.07 Å². The number of thioether (sulfide) groups is 1. The van der Waals surface area contributed by atoms with E-state index in [9.17, 15) is 14.4 Å². The molecule has 2 heterocycles. The molecule has 3 atom stereocenters. The van der Waals surface area contributed by atoms with Crippen LogP contribution in [0.25, 0.3) is 0 Å². The summed E-state index contributed by atoms with van der Waals surface area (Å²) in [5, 5.41) is 2.24. The molecule has 0 bridgehead atoms. The van der Waals surface area contributed by atoms with Gasteiger partial charge in [-0.1, -0.05) is 65.1 Å². The quantitative estimate of drug-likeness (QED) is 0.382. The number of esters is 1. The average molecular weight is 479 g/mol. The van der Waals surface area contributed by atoms with Gasteiger partial charge in [0, 0.05) is 5.75 Å². The molecule has 0 saturated carbocycles. The zero-order valence-electron chi connectivity index (χ0n) is 15.2. The van der Waals surface area contributed by atoms with Gasteiger partial charge in [-0.3, -0.25) is 14.5 Å². The maximum Gasteiger partial charge on any atom is 0.355 e. The maximum absolute atomic E-state index is 12.7. The number of hydrogen-bond donors (Lipinski definition) is 2. The van der Waals surface area contributed by atoms with Gasteiger partial charge >= 0.3 is 5.97 Å². The van der Waals surface area contributed by atoms with Gasteiger partial charge in [0.2, 0.25) is 9.70 Å². The second kappa shape index (κ2) is 8.73. The van der Waals surface area contributed by atoms with Crippen molar-refractivity contribution in [3.63, 3.8) is 0 Å². The highest BCUT2D eigenvalue weighted by atomic mass is 35.6. The molecular weight excluding hydrogens is 461 g/mol. The van der Waals surface area contributed by atoms with Gasteiger partial charge in [-0.2, -0.15) is 0 Å². The first-order chi connectivity index (χ1) is 13.6. The lowest BCUT2D eigenvalue weighted by atomic mass is 10.0. The van der Waals surface area contributed by atoms with Crippen molar-refractivity contribution in [3.05, 3.63) is 47.2 Å². The fourth-order valence-electron chi connectivity index (χ4n) is 3.03. The summed E-state index contributed by atoms with van der Waals surface area (Å²) in [4.78, 5) is 38.9. The number of hydrogen-bond acceptors (Lipinski definition) is 6. The molecule has 3 rings (SSSR count). The predicted molar refractivity (Wildman–Crippen MR) is 112 cm³/mol. The standard InChI is InChI=1S/C18H18Cl3N3O4S/c1-9-7-29-16-12(23-14(25)11(22)10-5-3-2-4-6-10)15(26)24(16)13(9)17(27)28-8-18(19,20)21/h2-6,11-12,16H,7-8,22H2,1H3,(H,23,25)/t11-,12+,16-/m0/s1. The Morgan fingerprint density at radius 3 is 2.62 bits per heavy atom. The number of carbonyl (C=O) groups excluding carboxylic acids is 3. The second-order valence-electron chi connectivity index (χ2n) is 6.60. The van der Waals surface area contributed by atoms with Gasteiger partial charge in [0.25, 0.3) is 5.91 Å². The Labute approximate surface area is 186 Å². The van der Waals surface area contributed by atoms with Crippen LogP contribution in [0.15, 0.2) is 41.6 Å². The molecule has 2 aliphatic rings. The van der Waals surface area contributed by atoms with Gasteiger partial charge in [-0.25, -0.2) is 4.79 Å². The molecule has 1 saturated heterocycles. The van der Waals surface area contributed by atoms with Gasteiger partial charge in [-0.15, -0.1) is 11.8 Å². The monoisotopic (exact) mass is 477 g/mol. The van der Waals surface area contributed by atoms with Crippen molar-refractivity contribution >= 4 is 64.3 Å². The van der Waals surface area contributed by atoms with Crippen molar-refractivity contribution in [2.75, 3.05) is 12.4 Å². The number of nitrogens with zero attached hydrogens (tertiary/aromatic N) is 1. The molecule has 11 heteroatoms. The van der Waals surface area contributed by atoms with Crippen LogP contribution in [0.5, 0.6) is 0 Å². The van der Waals surface area contributed by atoms with E-state index in [0.717, 1.165) is 0 Å². The van der Waals surface area contributed by atoms with Gasteiger partial charge in [0.15, 0.2) is 0 Å². The van der Waals surface area contributed by atoms with Crippen LogP contribution in [0.3, 0.4) is 0 Å². The molecule has 3 N–H and O–H groups in total. The fourth-order valence-corrected chi connectivity index (χ4v) is 4.49. The van der Waals surface area contributed by atoms with Crippen LogP contribution in [0.4, 0.5) is 0 Å². The van der Waals surface area contributed by atoms with Crippen LogP contribution in [0.1, 0.15) is 18.5 Å². The number of β-lactam (4-membered cyclic amide) rings is 1. The summed E-state index contributed by atoms with van der Waals surface area (Å²) in [6.45, 7) is 1.28. The van der Waals surface area contributed by atoms with E-state index in [1.54, 1.807) is 31.2 Å². The molecule has 2 amide bonds. The first kappa shape index (κ1) is 22.2. The lowest BCUT2D eigenvalue weighted by Crippen LogP contribution is -2.71. The van der Waals surface area contributed by atoms with E-state index < -0.39 is 45.6 Å². The Morgan fingerprint density at radius 1 is 1.34 bits per heavy atom. The third kappa shape index (κ3) is 4.83. The van der Waals surface area contributed by atoms with E-state index >= 15 is 0 Å². The SMILES string of the molecule is CC1=C(C(=O)OCC(Cl)(Cl)Cl)N2C(=O)[C@@H](NC(=O)[C@@H](N)c3ccccc3)[C@@H]2SC1. The lowest BCUT2D eigenvalue weighted by Gasteiger charge is -2.49. The summed E-state index contributed by atoms with van der Waals surface area (Å²) in [7, 11) is 0. The van der Waals surface area contributed by atoms with Crippen molar-refractivity contribution in [2.24, 2.45) is 5.73 Å². The van der Waals surface area contributed by atoms with Gasteiger partial charge < -0.3 is 15.8 Å². The van der Waals surface area contributed by atoms with Crippen LogP contribution >= 0.6 is 46.6 Å². The lowest BCUT2D eigenvalue weighted by molar-refractivity contribution is -0.153. The highest BCUT2D eigenvalue weighted by Crippen LogP contribution is 2.41. The summed E-state index contributed by atoms with van der Waals surface area (Å²) in [6.07, 6.45) is 0. The molecule has 0 radical (unpaired) electrons. The number of rotatable bonds is 5. The normalized spacial score (nSPS) is 22.5. The minimum atomic E-state index is -1.75. The summed E-state index contributed by atoms with van der Waals surface area (Å²) in [5.41, 5.74) is 7.41. The largest absolute Gasteiger partial charge is 0.456 e. The molecule has 0 unspecified atom stereocenters. The highest BCUT2D eigenvalue weighted by molar-refractivity contribution is 8.00. The predicted octanol–water partition coefficient (Wildman–Crippen LogP) is 2.27. The smallest absolute Gasteiger partial charge is 0.355 e. The molecule has 29 heavy (non-hydrogen) atoms. The summed E-state index contributed by atoms with van der Waals surface area (Å²) in [5.74, 6) is -1.15. The van der Waals surface area contributed by atoms with E-state index in [2.05, 4.69) is 5.32 Å². The Balaban J connectivity index is 1.68. The second-order valence-corrected chi connectivity index (χ2v) is 10.2. The third-order valence-corrected chi connectivity index (χ3v) is 6.21. The zero-order valence-corrected chi connectivity index (χ0v) is 18.3. The number of alkyl halides is 3. The first-order valence-corrected chi connectivity index (χ1v) is 10.8. The minimum Gasteiger partial charge on any atom is -0.456 e. The number of nitrogens with one attached hydrogen (secondary N) is 1. The minimum absolute atomic E-state index is 0.117. The topological polar surface area (TPSA) is 102 Å². The number of amides is 2. The number of halogens is 3. The van der Waals surface area contributed by atoms with Gasteiger partial charge in [-0.05, 0) is 18.1 Å². The third-order valence-electron chi connectivity index (χ3n) is 4.46. The Kier molecular flexibility index (Phi) is 6.70. The van der Waals surface area contributed by atoms with Crippen LogP contribution in [-0.2, 0) is 19.1 Å². The van der Waals surface area contributed by atoms with Crippen molar-refractivity contribution in [2.45, 2.75) is 28.2 Å². The Hall–Kier alpha value is -1.45. The molecule has 1 aromatic carbocycles. The number of ether oxygens (including phenoxy) is 1. The molecule has 156 valence electrons. The summed E-state index contributed by atoms with van der Waals surface area (Å²) < 4.78 is 3.27. The van der Waals surface area contributed by atoms with Crippen molar-refractivity contribution < 1.29 is 19.1 Å². The maximum atomic E-state index is 12.7. The molecule has 0 aliphatic carbocycles. The molecule has 0 spiro atoms. The van der Waals surface area contributed by atoms with E-state index in [4.69, 9.17) is 45.3 Å². The van der Waals surface area contributed by atoms with E-state index in [-0.39, 0.29) is 5.70 Å². The molecule has 1 fully saturated rings. The zero-order chi connectivity index (χ0) is 21.3. The average Bonchev–Trinajstić information content (AvgIpc) is 2.69. The molecule has 1 aromatic rings. The van der Waals surface area contributed by atoms with Crippen molar-refractivity contribution in [3.8, 4) is 0 Å².